The number of carbonyl (C=O) groups is 3. The predicted octanol–water partition coefficient (Wildman–Crippen LogP) is 3.23. The van der Waals surface area contributed by atoms with Gasteiger partial charge in [0, 0.05) is 25.6 Å². The molecule has 6 nitrogen and oxygen atoms in total. The molecule has 0 heterocycles. The summed E-state index contributed by atoms with van der Waals surface area (Å²) in [6.07, 6.45) is 0.256. The fourth-order valence-electron chi connectivity index (χ4n) is 3.16. The molecule has 2 amide bonds. The largest absolute Gasteiger partial charge is 0.454 e. The van der Waals surface area contributed by atoms with E-state index < -0.39 is 18.6 Å². The summed E-state index contributed by atoms with van der Waals surface area (Å²) < 4.78 is 5.29. The van der Waals surface area contributed by atoms with Crippen molar-refractivity contribution < 1.29 is 19.1 Å². The average molecular weight is 431 g/mol. The number of carbonyl (C=O) groups excluding carboxylic acids is 3. The minimum atomic E-state index is -0.919. The van der Waals surface area contributed by atoms with Gasteiger partial charge in [0.2, 0.25) is 0 Å². The SMILES string of the molecule is CN(Cc1ccccc1)C(=O)COC(=O)C(Cc1ccccc1)NC(=O)c1ccccc1. The quantitative estimate of drug-likeness (QED) is 0.529. The molecule has 3 aromatic carbocycles. The van der Waals surface area contributed by atoms with Gasteiger partial charge in [0.1, 0.15) is 6.04 Å². The van der Waals surface area contributed by atoms with Gasteiger partial charge in [-0.3, -0.25) is 9.59 Å². The number of nitrogens with zero attached hydrogens (tertiary/aromatic N) is 1. The Morgan fingerprint density at radius 3 is 1.94 bits per heavy atom. The molecule has 0 saturated heterocycles. The Balaban J connectivity index is 1.62. The Labute approximate surface area is 187 Å². The van der Waals surface area contributed by atoms with Crippen molar-refractivity contribution in [3.8, 4) is 0 Å². The van der Waals surface area contributed by atoms with E-state index in [9.17, 15) is 14.4 Å². The van der Waals surface area contributed by atoms with Crippen LogP contribution in [0.4, 0.5) is 0 Å². The Kier molecular flexibility index (Phi) is 8.15. The van der Waals surface area contributed by atoms with Crippen molar-refractivity contribution in [2.24, 2.45) is 0 Å². The monoisotopic (exact) mass is 430 g/mol. The van der Waals surface area contributed by atoms with Gasteiger partial charge in [0.25, 0.3) is 11.8 Å². The number of rotatable bonds is 9. The minimum Gasteiger partial charge on any atom is -0.454 e. The van der Waals surface area contributed by atoms with Gasteiger partial charge < -0.3 is 15.0 Å². The topological polar surface area (TPSA) is 75.7 Å². The molecule has 1 unspecified atom stereocenters. The first-order chi connectivity index (χ1) is 15.5. The number of nitrogens with one attached hydrogen (secondary N) is 1. The van der Waals surface area contributed by atoms with Gasteiger partial charge in [0.05, 0.1) is 0 Å². The van der Waals surface area contributed by atoms with Crippen molar-refractivity contribution >= 4 is 17.8 Å². The van der Waals surface area contributed by atoms with Crippen molar-refractivity contribution in [1.29, 1.82) is 0 Å². The first kappa shape index (κ1) is 22.7. The molecule has 0 spiro atoms. The molecule has 0 bridgehead atoms. The van der Waals surface area contributed by atoms with Crippen LogP contribution in [0, 0.1) is 0 Å². The molecule has 0 aliphatic rings. The van der Waals surface area contributed by atoms with Gasteiger partial charge in [-0.15, -0.1) is 0 Å². The van der Waals surface area contributed by atoms with Crippen molar-refractivity contribution in [2.45, 2.75) is 19.0 Å². The van der Waals surface area contributed by atoms with E-state index in [-0.39, 0.29) is 18.2 Å². The third-order valence-electron chi connectivity index (χ3n) is 4.93. The molecule has 164 valence electrons. The highest BCUT2D eigenvalue weighted by molar-refractivity contribution is 5.97. The summed E-state index contributed by atoms with van der Waals surface area (Å²) in [6, 6.07) is 26.6. The second-order valence-electron chi connectivity index (χ2n) is 7.42. The van der Waals surface area contributed by atoms with E-state index in [1.54, 1.807) is 31.3 Å². The highest BCUT2D eigenvalue weighted by Gasteiger charge is 2.24. The lowest BCUT2D eigenvalue weighted by Gasteiger charge is -2.20. The van der Waals surface area contributed by atoms with E-state index in [0.29, 0.717) is 12.1 Å². The summed E-state index contributed by atoms with van der Waals surface area (Å²) in [4.78, 5) is 39.3. The summed E-state index contributed by atoms with van der Waals surface area (Å²) in [7, 11) is 1.65. The predicted molar refractivity (Wildman–Crippen MR) is 122 cm³/mol. The summed E-state index contributed by atoms with van der Waals surface area (Å²) in [5.41, 5.74) is 2.29. The fraction of sp³-hybridized carbons (Fsp3) is 0.192. The number of hydrogen-bond donors (Lipinski definition) is 1. The van der Waals surface area contributed by atoms with Crippen LogP contribution in [-0.4, -0.2) is 42.4 Å². The Hall–Kier alpha value is -3.93. The number of ether oxygens (including phenoxy) is 1. The van der Waals surface area contributed by atoms with Crippen LogP contribution < -0.4 is 5.32 Å². The zero-order chi connectivity index (χ0) is 22.8. The second kappa shape index (κ2) is 11.5. The zero-order valence-corrected chi connectivity index (χ0v) is 17.9. The third kappa shape index (κ3) is 6.80. The van der Waals surface area contributed by atoms with Crippen LogP contribution in [0.15, 0.2) is 91.0 Å². The average Bonchev–Trinajstić information content (AvgIpc) is 2.83. The standard InChI is InChI=1S/C26H26N2O4/c1-28(18-21-13-7-3-8-14-21)24(29)19-32-26(31)23(17-20-11-5-2-6-12-20)27-25(30)22-15-9-4-10-16-22/h2-16,23H,17-19H2,1H3,(H,27,30). The highest BCUT2D eigenvalue weighted by Crippen LogP contribution is 2.08. The molecule has 1 atom stereocenters. The lowest BCUT2D eigenvalue weighted by molar-refractivity contribution is -0.153. The maximum absolute atomic E-state index is 12.8. The Morgan fingerprint density at radius 1 is 0.812 bits per heavy atom. The lowest BCUT2D eigenvalue weighted by Crippen LogP contribution is -2.44. The molecule has 0 radical (unpaired) electrons. The smallest absolute Gasteiger partial charge is 0.329 e. The van der Waals surface area contributed by atoms with Crippen LogP contribution in [-0.2, 0) is 27.3 Å². The van der Waals surface area contributed by atoms with Crippen molar-refractivity contribution in [3.63, 3.8) is 0 Å². The van der Waals surface area contributed by atoms with Crippen molar-refractivity contribution in [2.75, 3.05) is 13.7 Å². The Morgan fingerprint density at radius 2 is 1.34 bits per heavy atom. The maximum atomic E-state index is 12.8. The van der Waals surface area contributed by atoms with Gasteiger partial charge in [-0.1, -0.05) is 78.9 Å². The number of amides is 2. The molecule has 0 aliphatic carbocycles. The summed E-state index contributed by atoms with van der Waals surface area (Å²) >= 11 is 0. The summed E-state index contributed by atoms with van der Waals surface area (Å²) in [5.74, 6) is -1.36. The zero-order valence-electron chi connectivity index (χ0n) is 17.9. The van der Waals surface area contributed by atoms with E-state index in [1.165, 1.54) is 4.90 Å². The number of esters is 1. The molecular weight excluding hydrogens is 404 g/mol. The van der Waals surface area contributed by atoms with Gasteiger partial charge in [-0.25, -0.2) is 4.79 Å². The highest BCUT2D eigenvalue weighted by atomic mass is 16.5. The first-order valence-corrected chi connectivity index (χ1v) is 10.4. The van der Waals surface area contributed by atoms with Crippen molar-refractivity contribution in [1.82, 2.24) is 10.2 Å². The molecule has 6 heteroatoms. The van der Waals surface area contributed by atoms with E-state index in [4.69, 9.17) is 4.74 Å². The lowest BCUT2D eigenvalue weighted by atomic mass is 10.1. The minimum absolute atomic E-state index is 0.256. The first-order valence-electron chi connectivity index (χ1n) is 10.4. The number of hydrogen-bond acceptors (Lipinski definition) is 4. The van der Waals surface area contributed by atoms with E-state index >= 15 is 0 Å². The molecule has 0 fully saturated rings. The third-order valence-corrected chi connectivity index (χ3v) is 4.93. The number of likely N-dealkylation sites (N-methyl/N-ethyl adjacent to an activating group) is 1. The van der Waals surface area contributed by atoms with Gasteiger partial charge in [-0.05, 0) is 23.3 Å². The van der Waals surface area contributed by atoms with E-state index in [0.717, 1.165) is 11.1 Å². The van der Waals surface area contributed by atoms with Crippen LogP contribution in [0.1, 0.15) is 21.5 Å². The molecule has 0 aromatic heterocycles. The molecule has 3 aromatic rings. The molecule has 3 rings (SSSR count). The van der Waals surface area contributed by atoms with E-state index in [2.05, 4.69) is 5.32 Å². The van der Waals surface area contributed by atoms with Gasteiger partial charge in [0.15, 0.2) is 6.61 Å². The van der Waals surface area contributed by atoms with Crippen LogP contribution in [0.3, 0.4) is 0 Å². The molecule has 0 saturated carbocycles. The van der Waals surface area contributed by atoms with Gasteiger partial charge in [-0.2, -0.15) is 0 Å². The molecular formula is C26H26N2O4. The second-order valence-corrected chi connectivity index (χ2v) is 7.42. The molecule has 1 N–H and O–H groups in total. The molecule has 32 heavy (non-hydrogen) atoms. The Bertz CT molecular complexity index is 1020. The van der Waals surface area contributed by atoms with Crippen LogP contribution >= 0.6 is 0 Å². The van der Waals surface area contributed by atoms with Gasteiger partial charge >= 0.3 is 5.97 Å². The maximum Gasteiger partial charge on any atom is 0.329 e. The van der Waals surface area contributed by atoms with Crippen LogP contribution in [0.5, 0.6) is 0 Å². The summed E-state index contributed by atoms with van der Waals surface area (Å²) in [6.45, 7) is 0.0179. The molecule has 0 aliphatic heterocycles. The fourth-order valence-corrected chi connectivity index (χ4v) is 3.16. The normalized spacial score (nSPS) is 11.3. The van der Waals surface area contributed by atoms with Crippen LogP contribution in [0.2, 0.25) is 0 Å². The summed E-state index contributed by atoms with van der Waals surface area (Å²) in [5, 5.41) is 2.74. The number of benzene rings is 3. The van der Waals surface area contributed by atoms with E-state index in [1.807, 2.05) is 66.7 Å². The van der Waals surface area contributed by atoms with Crippen LogP contribution in [0.25, 0.3) is 0 Å². The van der Waals surface area contributed by atoms with Crippen molar-refractivity contribution in [3.05, 3.63) is 108 Å².